The second kappa shape index (κ2) is 15.5. The standard InChI is InChI=1S/C24H38N6O6/c1-14(2)20(24(35)36)30-23(34)17(12-15-8-4-3-5-9-15)29-22(33)18(13-19(27)31)28-21(32)16(26)10-6-7-11-25/h3-5,8-9,14,16-18,20H,6-7,10-13,25-26H2,1-2H3,(H2,27,31)(H,28,32)(H,29,33)(H,30,34)(H,35,36). The minimum atomic E-state index is -1.37. The Kier molecular flexibility index (Phi) is 13.1. The van der Waals surface area contributed by atoms with Gasteiger partial charge in [-0.2, -0.15) is 0 Å². The van der Waals surface area contributed by atoms with E-state index in [2.05, 4.69) is 16.0 Å². The Hall–Kier alpha value is -3.51. The topological polar surface area (TPSA) is 220 Å². The van der Waals surface area contributed by atoms with E-state index in [0.717, 1.165) is 0 Å². The van der Waals surface area contributed by atoms with Crippen LogP contribution < -0.4 is 33.2 Å². The van der Waals surface area contributed by atoms with E-state index < -0.39 is 66.1 Å². The molecular weight excluding hydrogens is 468 g/mol. The van der Waals surface area contributed by atoms with Gasteiger partial charge in [0.25, 0.3) is 0 Å². The molecule has 0 saturated carbocycles. The number of benzene rings is 1. The van der Waals surface area contributed by atoms with Crippen molar-refractivity contribution in [3.8, 4) is 0 Å². The average Bonchev–Trinajstić information content (AvgIpc) is 2.81. The van der Waals surface area contributed by atoms with Crippen LogP contribution in [0.25, 0.3) is 0 Å². The van der Waals surface area contributed by atoms with Crippen LogP contribution in [0.5, 0.6) is 0 Å². The lowest BCUT2D eigenvalue weighted by Gasteiger charge is -2.26. The van der Waals surface area contributed by atoms with E-state index in [0.29, 0.717) is 31.4 Å². The van der Waals surface area contributed by atoms with Crippen molar-refractivity contribution < 1.29 is 29.1 Å². The molecule has 0 aliphatic heterocycles. The van der Waals surface area contributed by atoms with Gasteiger partial charge in [0.05, 0.1) is 12.5 Å². The van der Waals surface area contributed by atoms with Crippen LogP contribution >= 0.6 is 0 Å². The van der Waals surface area contributed by atoms with Gasteiger partial charge in [0.15, 0.2) is 0 Å². The van der Waals surface area contributed by atoms with Crippen LogP contribution in [-0.4, -0.2) is 65.4 Å². The Morgan fingerprint density at radius 3 is 2.00 bits per heavy atom. The zero-order chi connectivity index (χ0) is 27.3. The predicted molar refractivity (Wildman–Crippen MR) is 133 cm³/mol. The summed E-state index contributed by atoms with van der Waals surface area (Å²) >= 11 is 0. The van der Waals surface area contributed by atoms with Crippen LogP contribution in [-0.2, 0) is 30.4 Å². The Labute approximate surface area is 210 Å². The Morgan fingerprint density at radius 2 is 1.47 bits per heavy atom. The Bertz CT molecular complexity index is 894. The number of aliphatic carboxylic acids is 1. The molecule has 4 atom stereocenters. The molecule has 36 heavy (non-hydrogen) atoms. The Morgan fingerprint density at radius 1 is 0.889 bits per heavy atom. The minimum Gasteiger partial charge on any atom is -0.480 e. The third kappa shape index (κ3) is 10.8. The fourth-order valence-electron chi connectivity index (χ4n) is 3.43. The molecular formula is C24H38N6O6. The third-order valence-corrected chi connectivity index (χ3v) is 5.49. The molecule has 0 spiro atoms. The fraction of sp³-hybridized carbons (Fsp3) is 0.542. The highest BCUT2D eigenvalue weighted by Gasteiger charge is 2.32. The molecule has 1 aromatic carbocycles. The molecule has 1 aromatic rings. The van der Waals surface area contributed by atoms with Crippen molar-refractivity contribution >= 4 is 29.6 Å². The number of hydrogen-bond donors (Lipinski definition) is 7. The summed E-state index contributed by atoms with van der Waals surface area (Å²) < 4.78 is 0. The number of rotatable bonds is 16. The number of hydrogen-bond acceptors (Lipinski definition) is 7. The molecule has 12 heteroatoms. The van der Waals surface area contributed by atoms with Crippen LogP contribution in [0, 0.1) is 5.92 Å². The zero-order valence-electron chi connectivity index (χ0n) is 20.7. The number of carbonyl (C=O) groups is 5. The SMILES string of the molecule is CC(C)C(NC(=O)C(Cc1ccccc1)NC(=O)C(CC(N)=O)NC(=O)C(N)CCCCN)C(=O)O. The van der Waals surface area contributed by atoms with E-state index in [1.807, 2.05) is 0 Å². The summed E-state index contributed by atoms with van der Waals surface area (Å²) in [5.74, 6) is -4.68. The number of carboxylic acids is 1. The van der Waals surface area contributed by atoms with Gasteiger partial charge in [0.2, 0.25) is 23.6 Å². The monoisotopic (exact) mass is 506 g/mol. The molecule has 0 aromatic heterocycles. The zero-order valence-corrected chi connectivity index (χ0v) is 20.7. The lowest BCUT2D eigenvalue weighted by molar-refractivity contribution is -0.143. The maximum atomic E-state index is 13.1. The van der Waals surface area contributed by atoms with Crippen molar-refractivity contribution in [2.75, 3.05) is 6.54 Å². The first kappa shape index (κ1) is 30.5. The van der Waals surface area contributed by atoms with Gasteiger partial charge < -0.3 is 38.3 Å². The van der Waals surface area contributed by atoms with Gasteiger partial charge in [-0.1, -0.05) is 50.6 Å². The smallest absolute Gasteiger partial charge is 0.326 e. The maximum Gasteiger partial charge on any atom is 0.326 e. The van der Waals surface area contributed by atoms with Crippen molar-refractivity contribution in [1.29, 1.82) is 0 Å². The largest absolute Gasteiger partial charge is 0.480 e. The first-order valence-corrected chi connectivity index (χ1v) is 11.9. The minimum absolute atomic E-state index is 0.0404. The predicted octanol–water partition coefficient (Wildman–Crippen LogP) is -1.24. The average molecular weight is 507 g/mol. The van der Waals surface area contributed by atoms with E-state index in [-0.39, 0.29) is 6.42 Å². The summed E-state index contributed by atoms with van der Waals surface area (Å²) in [5, 5.41) is 16.8. The second-order valence-electron chi connectivity index (χ2n) is 8.94. The molecule has 0 bridgehead atoms. The molecule has 0 radical (unpaired) electrons. The normalized spacial score (nSPS) is 14.2. The molecule has 1 rings (SSSR count). The number of primary amides is 1. The van der Waals surface area contributed by atoms with Gasteiger partial charge in [-0.25, -0.2) is 4.79 Å². The van der Waals surface area contributed by atoms with Gasteiger partial charge in [-0.15, -0.1) is 0 Å². The van der Waals surface area contributed by atoms with Crippen LogP contribution in [0.1, 0.15) is 45.1 Å². The van der Waals surface area contributed by atoms with E-state index in [1.54, 1.807) is 44.2 Å². The van der Waals surface area contributed by atoms with E-state index >= 15 is 0 Å². The number of nitrogens with one attached hydrogen (secondary N) is 3. The number of unbranched alkanes of at least 4 members (excludes halogenated alkanes) is 1. The fourth-order valence-corrected chi connectivity index (χ4v) is 3.43. The molecule has 200 valence electrons. The van der Waals surface area contributed by atoms with Crippen LogP contribution in [0.3, 0.4) is 0 Å². The molecule has 0 aliphatic carbocycles. The lowest BCUT2D eigenvalue weighted by atomic mass is 10.0. The molecule has 4 amide bonds. The summed E-state index contributed by atoms with van der Waals surface area (Å²) in [7, 11) is 0. The van der Waals surface area contributed by atoms with Crippen molar-refractivity contribution in [3.63, 3.8) is 0 Å². The van der Waals surface area contributed by atoms with Gasteiger partial charge in [-0.05, 0) is 30.9 Å². The third-order valence-electron chi connectivity index (χ3n) is 5.49. The summed E-state index contributed by atoms with van der Waals surface area (Å²) in [6.45, 7) is 3.73. The van der Waals surface area contributed by atoms with Gasteiger partial charge in [0.1, 0.15) is 18.1 Å². The number of nitrogens with two attached hydrogens (primary N) is 3. The summed E-state index contributed by atoms with van der Waals surface area (Å²) in [4.78, 5) is 61.7. The molecule has 10 N–H and O–H groups in total. The highest BCUT2D eigenvalue weighted by molar-refractivity contribution is 5.96. The molecule has 0 fully saturated rings. The van der Waals surface area contributed by atoms with Crippen LogP contribution in [0.15, 0.2) is 30.3 Å². The van der Waals surface area contributed by atoms with Gasteiger partial charge in [0, 0.05) is 6.42 Å². The molecule has 4 unspecified atom stereocenters. The number of carbonyl (C=O) groups excluding carboxylic acids is 4. The first-order chi connectivity index (χ1) is 17.0. The quantitative estimate of drug-likeness (QED) is 0.134. The highest BCUT2D eigenvalue weighted by atomic mass is 16.4. The molecule has 0 saturated heterocycles. The highest BCUT2D eigenvalue weighted by Crippen LogP contribution is 2.08. The van der Waals surface area contributed by atoms with Crippen LogP contribution in [0.4, 0.5) is 0 Å². The molecule has 0 aliphatic rings. The second-order valence-corrected chi connectivity index (χ2v) is 8.94. The molecule has 0 heterocycles. The van der Waals surface area contributed by atoms with Crippen LogP contribution in [0.2, 0.25) is 0 Å². The number of carboxylic acid groups (broad SMARTS) is 1. The maximum absolute atomic E-state index is 13.1. The van der Waals surface area contributed by atoms with E-state index in [4.69, 9.17) is 17.2 Å². The van der Waals surface area contributed by atoms with E-state index in [9.17, 15) is 29.1 Å². The summed E-state index contributed by atoms with van der Waals surface area (Å²) in [6.07, 6.45) is 1.14. The van der Waals surface area contributed by atoms with E-state index in [1.165, 1.54) is 0 Å². The van der Waals surface area contributed by atoms with Crippen molar-refractivity contribution in [2.24, 2.45) is 23.1 Å². The Balaban J connectivity index is 3.07. The van der Waals surface area contributed by atoms with Crippen molar-refractivity contribution in [3.05, 3.63) is 35.9 Å². The van der Waals surface area contributed by atoms with Gasteiger partial charge >= 0.3 is 5.97 Å². The van der Waals surface area contributed by atoms with Gasteiger partial charge in [-0.3, -0.25) is 19.2 Å². The van der Waals surface area contributed by atoms with Crippen molar-refractivity contribution in [2.45, 2.75) is 70.1 Å². The molecule has 12 nitrogen and oxygen atoms in total. The first-order valence-electron chi connectivity index (χ1n) is 11.9. The summed E-state index contributed by atoms with van der Waals surface area (Å²) in [5.41, 5.74) is 17.3. The number of amides is 4. The lowest BCUT2D eigenvalue weighted by Crippen LogP contribution is -2.58. The van der Waals surface area contributed by atoms with Crippen molar-refractivity contribution in [1.82, 2.24) is 16.0 Å². The summed E-state index contributed by atoms with van der Waals surface area (Å²) in [6, 6.07) is 4.11.